The average molecular weight is 402 g/mol. The molecule has 0 saturated carbocycles. The summed E-state index contributed by atoms with van der Waals surface area (Å²) in [4.78, 5) is 4.27. The van der Waals surface area contributed by atoms with E-state index < -0.39 is 0 Å². The fourth-order valence-electron chi connectivity index (χ4n) is 4.69. The van der Waals surface area contributed by atoms with Crippen LogP contribution in [0.25, 0.3) is 16.3 Å². The molecule has 1 heteroatoms. The number of rotatable bonds is 2. The van der Waals surface area contributed by atoms with Gasteiger partial charge in [-0.05, 0) is 70.9 Å². The van der Waals surface area contributed by atoms with E-state index in [1.165, 1.54) is 53.2 Å². The normalized spacial score (nSPS) is 14.5. The van der Waals surface area contributed by atoms with E-state index in [0.717, 1.165) is 12.1 Å². The summed E-state index contributed by atoms with van der Waals surface area (Å²) < 4.78 is 0. The second kappa shape index (κ2) is 9.14. The second-order valence-corrected chi connectivity index (χ2v) is 8.25. The summed E-state index contributed by atoms with van der Waals surface area (Å²) in [6, 6.07) is 29.7. The molecule has 1 nitrogen and oxygen atoms in total. The average Bonchev–Trinajstić information content (AvgIpc) is 2.85. The van der Waals surface area contributed by atoms with Gasteiger partial charge in [-0.1, -0.05) is 90.5 Å². The number of allylic oxidation sites excluding steroid dienone is 4. The van der Waals surface area contributed by atoms with Gasteiger partial charge in [0, 0.05) is 18.3 Å². The molecule has 1 aromatic heterocycles. The van der Waals surface area contributed by atoms with E-state index >= 15 is 0 Å². The van der Waals surface area contributed by atoms with Gasteiger partial charge < -0.3 is 0 Å². The van der Waals surface area contributed by atoms with Gasteiger partial charge in [-0.3, -0.25) is 4.98 Å². The quantitative estimate of drug-likeness (QED) is 0.338. The van der Waals surface area contributed by atoms with Gasteiger partial charge in [-0.2, -0.15) is 0 Å². The van der Waals surface area contributed by atoms with Crippen LogP contribution in [-0.2, 0) is 12.8 Å². The molecule has 0 aliphatic heterocycles. The monoisotopic (exact) mass is 401 g/mol. The Labute approximate surface area is 184 Å². The van der Waals surface area contributed by atoms with Crippen molar-refractivity contribution < 1.29 is 0 Å². The minimum absolute atomic E-state index is 0.918. The van der Waals surface area contributed by atoms with Gasteiger partial charge in [0.25, 0.3) is 0 Å². The first-order valence-corrected chi connectivity index (χ1v) is 11.2. The Balaban J connectivity index is 0.000000140. The summed E-state index contributed by atoms with van der Waals surface area (Å²) in [5, 5.41) is 2.82. The van der Waals surface area contributed by atoms with Crippen LogP contribution in [0.3, 0.4) is 0 Å². The predicted molar refractivity (Wildman–Crippen MR) is 131 cm³/mol. The van der Waals surface area contributed by atoms with Crippen molar-refractivity contribution in [1.82, 2.24) is 4.98 Å². The number of hydrogen-bond donors (Lipinski definition) is 0. The summed E-state index contributed by atoms with van der Waals surface area (Å²) in [7, 11) is 0. The molecule has 0 atom stereocenters. The van der Waals surface area contributed by atoms with E-state index in [0.29, 0.717) is 0 Å². The van der Waals surface area contributed by atoms with Gasteiger partial charge in [-0.15, -0.1) is 0 Å². The number of fused-ring (bicyclic) bond motifs is 4. The van der Waals surface area contributed by atoms with Crippen LogP contribution in [0.15, 0.2) is 109 Å². The van der Waals surface area contributed by atoms with Crippen LogP contribution in [0.4, 0.5) is 0 Å². The molecule has 4 aromatic rings. The van der Waals surface area contributed by atoms with Crippen LogP contribution in [0.1, 0.15) is 41.6 Å². The van der Waals surface area contributed by atoms with Crippen LogP contribution in [0.2, 0.25) is 0 Å². The largest absolute Gasteiger partial charge is 0.261 e. The van der Waals surface area contributed by atoms with E-state index in [9.17, 15) is 0 Å². The summed E-state index contributed by atoms with van der Waals surface area (Å²) in [6.07, 6.45) is 12.4. The zero-order valence-corrected chi connectivity index (χ0v) is 17.8. The van der Waals surface area contributed by atoms with Crippen molar-refractivity contribution in [2.75, 3.05) is 0 Å². The first-order valence-electron chi connectivity index (χ1n) is 11.2. The first-order chi connectivity index (χ1) is 15.4. The number of aromatic nitrogens is 1. The molecule has 0 spiro atoms. The number of hydrogen-bond acceptors (Lipinski definition) is 1. The lowest BCUT2D eigenvalue weighted by Gasteiger charge is -2.25. The van der Waals surface area contributed by atoms with Gasteiger partial charge in [0.05, 0.1) is 0 Å². The molecule has 31 heavy (non-hydrogen) atoms. The molecule has 2 aliphatic carbocycles. The van der Waals surface area contributed by atoms with Crippen LogP contribution in [0.5, 0.6) is 0 Å². The zero-order valence-electron chi connectivity index (χ0n) is 17.8. The van der Waals surface area contributed by atoms with Gasteiger partial charge in [0.15, 0.2) is 0 Å². The first kappa shape index (κ1) is 19.5. The molecule has 0 radical (unpaired) electrons. The van der Waals surface area contributed by atoms with E-state index in [4.69, 9.17) is 0 Å². The maximum absolute atomic E-state index is 4.27. The summed E-state index contributed by atoms with van der Waals surface area (Å²) in [5.74, 6) is 0. The van der Waals surface area contributed by atoms with Crippen molar-refractivity contribution in [3.63, 3.8) is 0 Å². The molecular weight excluding hydrogens is 374 g/mol. The van der Waals surface area contributed by atoms with Crippen LogP contribution in [-0.4, -0.2) is 4.98 Å². The van der Waals surface area contributed by atoms with E-state index in [2.05, 4.69) is 77.8 Å². The molecule has 1 heterocycles. The van der Waals surface area contributed by atoms with Crippen LogP contribution >= 0.6 is 0 Å². The van der Waals surface area contributed by atoms with E-state index in [1.54, 1.807) is 11.1 Å². The lowest BCUT2D eigenvalue weighted by Crippen LogP contribution is -2.06. The lowest BCUT2D eigenvalue weighted by atomic mass is 9.80. The topological polar surface area (TPSA) is 12.9 Å². The highest BCUT2D eigenvalue weighted by atomic mass is 14.7. The number of aryl methyl sites for hydroxylation is 1. The molecule has 0 fully saturated rings. The molecule has 0 unspecified atom stereocenters. The smallest absolute Gasteiger partial charge is 0.0447 e. The standard InChI is InChI=1S/C18H16.C12H11N/c1-3-7-15-13(5-1)9-11-18-16-8-4-2-6-14(16)10-12-17(15)18;1-2-6-11(7-3-1)10-12-8-4-5-9-13-12/h1,3-5,7-9,11H,2,6,10,12H2;1-9H,10H2. The maximum Gasteiger partial charge on any atom is 0.0447 e. The molecule has 3 aromatic carbocycles. The molecule has 6 rings (SSSR count). The minimum Gasteiger partial charge on any atom is -0.261 e. The van der Waals surface area contributed by atoms with Gasteiger partial charge in [0.1, 0.15) is 0 Å². The predicted octanol–water partition coefficient (Wildman–Crippen LogP) is 7.56. The summed E-state index contributed by atoms with van der Waals surface area (Å²) in [5.41, 5.74) is 8.63. The number of benzene rings is 3. The second-order valence-electron chi connectivity index (χ2n) is 8.25. The highest BCUT2D eigenvalue weighted by Gasteiger charge is 2.20. The molecule has 152 valence electrons. The van der Waals surface area contributed by atoms with Gasteiger partial charge in [0.2, 0.25) is 0 Å². The molecule has 0 saturated heterocycles. The SMILES string of the molecule is C1=CC2=C(CC1)CCc1c2ccc2ccccc12.c1ccc(Cc2ccccn2)cc1. The molecule has 0 N–H and O–H groups in total. The fourth-order valence-corrected chi connectivity index (χ4v) is 4.69. The van der Waals surface area contributed by atoms with Crippen molar-refractivity contribution in [2.24, 2.45) is 0 Å². The third kappa shape index (κ3) is 4.36. The van der Waals surface area contributed by atoms with Crippen molar-refractivity contribution in [3.05, 3.63) is 131 Å². The van der Waals surface area contributed by atoms with Crippen LogP contribution < -0.4 is 0 Å². The van der Waals surface area contributed by atoms with Crippen molar-refractivity contribution in [2.45, 2.75) is 32.1 Å². The van der Waals surface area contributed by atoms with Crippen molar-refractivity contribution >= 4 is 16.3 Å². The molecule has 0 amide bonds. The van der Waals surface area contributed by atoms with Crippen molar-refractivity contribution in [3.8, 4) is 0 Å². The maximum atomic E-state index is 4.27. The van der Waals surface area contributed by atoms with E-state index in [-0.39, 0.29) is 0 Å². The number of nitrogens with zero attached hydrogens (tertiary/aromatic N) is 1. The molecular formula is C30H27N. The van der Waals surface area contributed by atoms with Crippen LogP contribution in [0, 0.1) is 0 Å². The third-order valence-corrected chi connectivity index (χ3v) is 6.24. The fraction of sp³-hybridized carbons (Fsp3) is 0.167. The van der Waals surface area contributed by atoms with Crippen molar-refractivity contribution in [1.29, 1.82) is 0 Å². The lowest BCUT2D eigenvalue weighted by molar-refractivity contribution is 0.831. The summed E-state index contributed by atoms with van der Waals surface area (Å²) in [6.45, 7) is 0. The minimum atomic E-state index is 0.918. The van der Waals surface area contributed by atoms with E-state index in [1.807, 2.05) is 30.5 Å². The highest BCUT2D eigenvalue weighted by molar-refractivity contribution is 5.93. The Morgan fingerprint density at radius 1 is 0.710 bits per heavy atom. The Bertz CT molecular complexity index is 1200. The van der Waals surface area contributed by atoms with Gasteiger partial charge >= 0.3 is 0 Å². The summed E-state index contributed by atoms with van der Waals surface area (Å²) >= 11 is 0. The molecule has 0 bridgehead atoms. The zero-order chi connectivity index (χ0) is 20.9. The number of pyridine rings is 1. The Hall–Kier alpha value is -3.45. The highest BCUT2D eigenvalue weighted by Crippen LogP contribution is 2.39. The van der Waals surface area contributed by atoms with Gasteiger partial charge in [-0.25, -0.2) is 0 Å². The Morgan fingerprint density at radius 3 is 2.42 bits per heavy atom. The molecule has 2 aliphatic rings. The Kier molecular flexibility index (Phi) is 5.75. The Morgan fingerprint density at radius 2 is 1.55 bits per heavy atom. The third-order valence-electron chi connectivity index (χ3n) is 6.24.